The Morgan fingerprint density at radius 2 is 1.65 bits per heavy atom. The molecule has 1 aliphatic rings. The first-order valence-corrected chi connectivity index (χ1v) is 15.0. The van der Waals surface area contributed by atoms with Crippen LogP contribution >= 0.6 is 11.3 Å². The average molecular weight is 677 g/mol. The summed E-state index contributed by atoms with van der Waals surface area (Å²) in [6.07, 6.45) is 1.60. The van der Waals surface area contributed by atoms with Crippen LogP contribution in [-0.4, -0.2) is 48.3 Å². The quantitative estimate of drug-likeness (QED) is 0.124. The Labute approximate surface area is 275 Å². The number of allylic oxidation sites excluding steroid dienone is 1. The fourth-order valence-electron chi connectivity index (χ4n) is 5.12. The zero-order valence-electron chi connectivity index (χ0n) is 26.2. The van der Waals surface area contributed by atoms with Crippen molar-refractivity contribution in [2.24, 2.45) is 4.99 Å². The minimum atomic E-state index is -0.949. The number of ether oxygens (including phenoxy) is 5. The smallest absolute Gasteiger partial charge is 0.338 e. The molecule has 1 atom stereocenters. The van der Waals surface area contributed by atoms with Gasteiger partial charge in [0.05, 0.1) is 59.7 Å². The summed E-state index contributed by atoms with van der Waals surface area (Å²) in [5, 5.41) is 22.7. The molecule has 0 saturated carbocycles. The summed E-state index contributed by atoms with van der Waals surface area (Å²) < 4.78 is 29.3. The van der Waals surface area contributed by atoms with Gasteiger partial charge in [-0.3, -0.25) is 29.6 Å². The van der Waals surface area contributed by atoms with Crippen LogP contribution in [-0.2, 0) is 9.53 Å². The van der Waals surface area contributed by atoms with Gasteiger partial charge in [-0.1, -0.05) is 17.4 Å². The minimum absolute atomic E-state index is 0.0906. The Morgan fingerprint density at radius 3 is 2.29 bits per heavy atom. The van der Waals surface area contributed by atoms with E-state index in [4.69, 9.17) is 23.7 Å². The van der Waals surface area contributed by atoms with E-state index >= 15 is 0 Å². The number of fused-ring (bicyclic) bond motifs is 1. The molecule has 1 aromatic heterocycles. The molecule has 0 saturated heterocycles. The van der Waals surface area contributed by atoms with Crippen molar-refractivity contribution in [3.8, 4) is 28.7 Å². The van der Waals surface area contributed by atoms with Crippen LogP contribution < -0.4 is 33.8 Å². The lowest BCUT2D eigenvalue weighted by Gasteiger charge is -2.26. The van der Waals surface area contributed by atoms with Crippen LogP contribution in [0.5, 0.6) is 28.7 Å². The summed E-state index contributed by atoms with van der Waals surface area (Å²) in [4.78, 5) is 53.5. The Hall–Kier alpha value is -6.03. The third-order valence-corrected chi connectivity index (χ3v) is 8.29. The third kappa shape index (κ3) is 6.32. The predicted molar refractivity (Wildman–Crippen MR) is 173 cm³/mol. The summed E-state index contributed by atoms with van der Waals surface area (Å²) >= 11 is 1.11. The van der Waals surface area contributed by atoms with E-state index in [1.54, 1.807) is 50.3 Å². The number of rotatable bonds is 11. The molecule has 0 bridgehead atoms. The number of thiazole rings is 1. The number of esters is 1. The van der Waals surface area contributed by atoms with Crippen LogP contribution in [0.25, 0.3) is 6.08 Å². The highest BCUT2D eigenvalue weighted by Gasteiger charge is 2.35. The van der Waals surface area contributed by atoms with Crippen molar-refractivity contribution < 1.29 is 38.3 Å². The fraction of sp³-hybridized carbons (Fsp3) is 0.219. The summed E-state index contributed by atoms with van der Waals surface area (Å²) in [6.45, 7) is 3.46. The van der Waals surface area contributed by atoms with Crippen molar-refractivity contribution >= 4 is 34.8 Å². The number of nitrogens with zero attached hydrogens (tertiary/aromatic N) is 4. The molecule has 0 spiro atoms. The van der Waals surface area contributed by atoms with Crippen molar-refractivity contribution in [3.63, 3.8) is 0 Å². The fourth-order valence-corrected chi connectivity index (χ4v) is 6.16. The van der Waals surface area contributed by atoms with Crippen LogP contribution in [0.2, 0.25) is 0 Å². The topological polar surface area (TPSA) is 184 Å². The molecular formula is C32H28N4O11S. The molecule has 48 heavy (non-hydrogen) atoms. The zero-order chi connectivity index (χ0) is 34.7. The van der Waals surface area contributed by atoms with Crippen LogP contribution in [0.3, 0.4) is 0 Å². The molecule has 1 aliphatic heterocycles. The van der Waals surface area contributed by atoms with Crippen molar-refractivity contribution in [1.82, 2.24) is 4.57 Å². The highest BCUT2D eigenvalue weighted by atomic mass is 32.1. The minimum Gasteiger partial charge on any atom is -0.497 e. The van der Waals surface area contributed by atoms with Gasteiger partial charge in [0, 0.05) is 11.6 Å². The predicted octanol–water partition coefficient (Wildman–Crippen LogP) is 4.43. The van der Waals surface area contributed by atoms with E-state index in [-0.39, 0.29) is 34.0 Å². The Kier molecular flexibility index (Phi) is 9.56. The Balaban J connectivity index is 1.61. The number of aromatic nitrogens is 1. The first kappa shape index (κ1) is 33.3. The van der Waals surface area contributed by atoms with Gasteiger partial charge in [0.15, 0.2) is 16.3 Å². The first-order chi connectivity index (χ1) is 23.0. The number of methoxy groups -OCH3 is 3. The molecule has 0 amide bonds. The highest BCUT2D eigenvalue weighted by molar-refractivity contribution is 7.07. The molecule has 2 heterocycles. The first-order valence-electron chi connectivity index (χ1n) is 14.2. The number of carbonyl (C=O) groups excluding carboxylic acids is 1. The lowest BCUT2D eigenvalue weighted by Crippen LogP contribution is -2.40. The van der Waals surface area contributed by atoms with E-state index in [9.17, 15) is 29.8 Å². The van der Waals surface area contributed by atoms with Gasteiger partial charge < -0.3 is 23.7 Å². The van der Waals surface area contributed by atoms with Gasteiger partial charge in [0.2, 0.25) is 5.75 Å². The van der Waals surface area contributed by atoms with E-state index in [1.165, 1.54) is 32.0 Å². The molecule has 0 aliphatic carbocycles. The molecule has 248 valence electrons. The van der Waals surface area contributed by atoms with Gasteiger partial charge >= 0.3 is 11.7 Å². The average Bonchev–Trinajstić information content (AvgIpc) is 3.37. The molecular weight excluding hydrogens is 648 g/mol. The number of non-ortho nitro benzene ring substituents is 1. The Morgan fingerprint density at radius 1 is 0.938 bits per heavy atom. The second-order valence-electron chi connectivity index (χ2n) is 10.1. The van der Waals surface area contributed by atoms with E-state index in [0.29, 0.717) is 33.1 Å². The zero-order valence-corrected chi connectivity index (χ0v) is 27.1. The number of carbonyl (C=O) groups is 1. The maximum absolute atomic E-state index is 14.1. The highest BCUT2D eigenvalue weighted by Crippen LogP contribution is 2.39. The van der Waals surface area contributed by atoms with Gasteiger partial charge in [-0.05, 0) is 61.9 Å². The van der Waals surface area contributed by atoms with E-state index in [1.807, 2.05) is 0 Å². The van der Waals surface area contributed by atoms with Crippen molar-refractivity contribution in [2.75, 3.05) is 27.9 Å². The number of nitro benzene ring substituents is 2. The van der Waals surface area contributed by atoms with E-state index < -0.39 is 38.8 Å². The van der Waals surface area contributed by atoms with E-state index in [0.717, 1.165) is 29.5 Å². The van der Waals surface area contributed by atoms with Crippen LogP contribution in [0.1, 0.15) is 31.0 Å². The molecule has 16 heteroatoms. The number of benzene rings is 3. The maximum atomic E-state index is 14.1. The number of nitro groups is 2. The third-order valence-electron chi connectivity index (χ3n) is 7.30. The van der Waals surface area contributed by atoms with E-state index in [2.05, 4.69) is 4.99 Å². The summed E-state index contributed by atoms with van der Waals surface area (Å²) in [7, 11) is 4.35. The largest absolute Gasteiger partial charge is 0.497 e. The normalized spacial score (nSPS) is 14.1. The maximum Gasteiger partial charge on any atom is 0.338 e. The lowest BCUT2D eigenvalue weighted by atomic mass is 9.94. The molecule has 0 unspecified atom stereocenters. The second kappa shape index (κ2) is 13.8. The van der Waals surface area contributed by atoms with Crippen LogP contribution in [0.15, 0.2) is 75.7 Å². The van der Waals surface area contributed by atoms with Crippen LogP contribution in [0.4, 0.5) is 11.4 Å². The molecule has 0 fully saturated rings. The van der Waals surface area contributed by atoms with Crippen molar-refractivity contribution in [3.05, 3.63) is 117 Å². The van der Waals surface area contributed by atoms with Gasteiger partial charge in [0.1, 0.15) is 17.5 Å². The van der Waals surface area contributed by atoms with Crippen molar-refractivity contribution in [1.29, 1.82) is 0 Å². The lowest BCUT2D eigenvalue weighted by molar-refractivity contribution is -0.394. The molecule has 0 radical (unpaired) electrons. The summed E-state index contributed by atoms with van der Waals surface area (Å²) in [5.41, 5.74) is 0.0460. The molecule has 15 nitrogen and oxygen atoms in total. The van der Waals surface area contributed by atoms with Gasteiger partial charge in [-0.15, -0.1) is 0 Å². The standard InChI is InChI=1S/C32H28N4O11S/c1-6-46-31(38)28-17(2)33-32-34(29(28)21-16-20(43-3)9-12-23(21)44-4)30(37)27(48-32)14-18-7-10-25(26(13-18)45-5)47-24-11-8-19(35(39)40)15-22(24)36(41)42/h7-16,29H,6H2,1-5H3/b27-14-/t29-/m0/s1. The summed E-state index contributed by atoms with van der Waals surface area (Å²) in [6, 6.07) is 11.8. The molecule has 4 aromatic rings. The Bertz CT molecular complexity index is 2170. The SMILES string of the molecule is CCOC(=O)C1=C(C)N=c2s/c(=C\c3ccc(Oc4ccc([N+](=O)[O-])cc4[N+](=O)[O-])c(OC)c3)c(=O)n2[C@H]1c1cc(OC)ccc1OC. The van der Waals surface area contributed by atoms with Crippen LogP contribution in [0, 0.1) is 20.2 Å². The second-order valence-corrected chi connectivity index (χ2v) is 11.1. The van der Waals surface area contributed by atoms with Crippen molar-refractivity contribution in [2.45, 2.75) is 19.9 Å². The molecule has 3 aromatic carbocycles. The summed E-state index contributed by atoms with van der Waals surface area (Å²) in [5.74, 6) is 0.304. The molecule has 0 N–H and O–H groups in total. The number of hydrogen-bond donors (Lipinski definition) is 0. The molecule has 5 rings (SSSR count). The van der Waals surface area contributed by atoms with Gasteiger partial charge in [-0.25, -0.2) is 9.79 Å². The number of hydrogen-bond acceptors (Lipinski definition) is 13. The monoisotopic (exact) mass is 676 g/mol. The van der Waals surface area contributed by atoms with Gasteiger partial charge in [-0.2, -0.15) is 0 Å². The van der Waals surface area contributed by atoms with Gasteiger partial charge in [0.25, 0.3) is 11.2 Å².